The van der Waals surface area contributed by atoms with Gasteiger partial charge in [-0.15, -0.1) is 0 Å². The molecule has 1 heterocycles. The zero-order valence-electron chi connectivity index (χ0n) is 10.6. The first-order valence-corrected chi connectivity index (χ1v) is 7.86. The molecule has 0 unspecified atom stereocenters. The van der Waals surface area contributed by atoms with Crippen molar-refractivity contribution >= 4 is 51.7 Å². The van der Waals surface area contributed by atoms with Crippen molar-refractivity contribution < 1.29 is 4.52 Å². The molecule has 3 nitrogen and oxygen atoms in total. The van der Waals surface area contributed by atoms with Gasteiger partial charge >= 0.3 is 0 Å². The third-order valence-electron chi connectivity index (χ3n) is 3.02. The van der Waals surface area contributed by atoms with Gasteiger partial charge in [0.25, 0.3) is 0 Å². The van der Waals surface area contributed by atoms with Crippen molar-refractivity contribution in [3.8, 4) is 22.4 Å². The Morgan fingerprint density at radius 3 is 2.52 bits per heavy atom. The molecule has 0 radical (unpaired) electrons. The molecule has 0 atom stereocenters. The molecule has 106 valence electrons. The van der Waals surface area contributed by atoms with Crippen LogP contribution in [0.15, 0.2) is 47.0 Å². The third kappa shape index (κ3) is 2.88. The standard InChI is InChI=1S/C15H9Cl2IN2O/c16-11-5-4-8(7-12(11)17)13-14(20-21-15(13)19)9-2-1-3-10(18)6-9/h1-7H,19H2. The van der Waals surface area contributed by atoms with Crippen molar-refractivity contribution in [2.24, 2.45) is 0 Å². The molecule has 0 fully saturated rings. The molecule has 21 heavy (non-hydrogen) atoms. The van der Waals surface area contributed by atoms with Crippen LogP contribution in [-0.2, 0) is 0 Å². The van der Waals surface area contributed by atoms with Gasteiger partial charge in [0.1, 0.15) is 5.69 Å². The number of rotatable bonds is 2. The lowest BCUT2D eigenvalue weighted by Gasteiger charge is -2.05. The van der Waals surface area contributed by atoms with E-state index in [1.165, 1.54) is 0 Å². The molecule has 6 heteroatoms. The summed E-state index contributed by atoms with van der Waals surface area (Å²) in [6.45, 7) is 0. The molecule has 0 spiro atoms. The van der Waals surface area contributed by atoms with Gasteiger partial charge in [-0.3, -0.25) is 0 Å². The lowest BCUT2D eigenvalue weighted by molar-refractivity contribution is 0.439. The lowest BCUT2D eigenvalue weighted by atomic mass is 10.0. The van der Waals surface area contributed by atoms with E-state index in [0.717, 1.165) is 20.3 Å². The number of halogens is 3. The van der Waals surface area contributed by atoms with Crippen LogP contribution in [0.2, 0.25) is 10.0 Å². The Hall–Kier alpha value is -1.24. The molecular formula is C15H9Cl2IN2O. The summed E-state index contributed by atoms with van der Waals surface area (Å²) in [4.78, 5) is 0. The molecule has 3 aromatic rings. The summed E-state index contributed by atoms with van der Waals surface area (Å²) in [6, 6.07) is 13.3. The highest BCUT2D eigenvalue weighted by Crippen LogP contribution is 2.38. The van der Waals surface area contributed by atoms with Gasteiger partial charge in [-0.2, -0.15) is 0 Å². The summed E-state index contributed by atoms with van der Waals surface area (Å²) in [5.41, 5.74) is 9.08. The van der Waals surface area contributed by atoms with Crippen LogP contribution >= 0.6 is 45.8 Å². The van der Waals surface area contributed by atoms with E-state index >= 15 is 0 Å². The molecular weight excluding hydrogens is 422 g/mol. The fourth-order valence-electron chi connectivity index (χ4n) is 2.07. The van der Waals surface area contributed by atoms with E-state index in [9.17, 15) is 0 Å². The third-order valence-corrected chi connectivity index (χ3v) is 4.43. The number of nitrogens with two attached hydrogens (primary N) is 1. The highest BCUT2D eigenvalue weighted by Gasteiger charge is 2.18. The second-order valence-electron chi connectivity index (χ2n) is 4.41. The monoisotopic (exact) mass is 430 g/mol. The first kappa shape index (κ1) is 14.7. The Bertz CT molecular complexity index is 817. The van der Waals surface area contributed by atoms with E-state index in [1.807, 2.05) is 30.3 Å². The topological polar surface area (TPSA) is 52.0 Å². The molecule has 0 saturated heterocycles. The van der Waals surface area contributed by atoms with Crippen LogP contribution in [-0.4, -0.2) is 5.16 Å². The number of hydrogen-bond acceptors (Lipinski definition) is 3. The average molecular weight is 431 g/mol. The molecule has 1 aromatic heterocycles. The van der Waals surface area contributed by atoms with Gasteiger partial charge in [0, 0.05) is 9.13 Å². The van der Waals surface area contributed by atoms with Gasteiger partial charge in [0.15, 0.2) is 0 Å². The maximum absolute atomic E-state index is 6.08. The second kappa shape index (κ2) is 5.87. The zero-order valence-corrected chi connectivity index (χ0v) is 14.3. The van der Waals surface area contributed by atoms with Crippen LogP contribution in [0.5, 0.6) is 0 Å². The number of nitrogen functional groups attached to an aromatic ring is 1. The summed E-state index contributed by atoms with van der Waals surface area (Å²) < 4.78 is 6.27. The van der Waals surface area contributed by atoms with Crippen molar-refractivity contribution in [3.63, 3.8) is 0 Å². The molecule has 0 aliphatic carbocycles. The van der Waals surface area contributed by atoms with Crippen molar-refractivity contribution in [1.82, 2.24) is 5.16 Å². The zero-order chi connectivity index (χ0) is 15.0. The fourth-order valence-corrected chi connectivity index (χ4v) is 2.91. The fraction of sp³-hybridized carbons (Fsp3) is 0. The highest BCUT2D eigenvalue weighted by atomic mass is 127. The first-order valence-electron chi connectivity index (χ1n) is 6.03. The van der Waals surface area contributed by atoms with Gasteiger partial charge in [-0.1, -0.05) is 46.6 Å². The molecule has 0 amide bonds. The van der Waals surface area contributed by atoms with E-state index in [1.54, 1.807) is 12.1 Å². The summed E-state index contributed by atoms with van der Waals surface area (Å²) in [5.74, 6) is 0.252. The molecule has 0 aliphatic rings. The minimum Gasteiger partial charge on any atom is -0.367 e. The first-order chi connectivity index (χ1) is 10.1. The number of aromatic nitrogens is 1. The highest BCUT2D eigenvalue weighted by molar-refractivity contribution is 14.1. The summed E-state index contributed by atoms with van der Waals surface area (Å²) in [7, 11) is 0. The van der Waals surface area contributed by atoms with Crippen LogP contribution in [0.1, 0.15) is 0 Å². The summed E-state index contributed by atoms with van der Waals surface area (Å²) in [5, 5.41) is 5.03. The van der Waals surface area contributed by atoms with Crippen LogP contribution in [0, 0.1) is 3.57 Å². The Kier molecular flexibility index (Phi) is 4.10. The number of hydrogen-bond donors (Lipinski definition) is 1. The predicted molar refractivity (Wildman–Crippen MR) is 94.5 cm³/mol. The Balaban J connectivity index is 2.19. The van der Waals surface area contributed by atoms with Crippen LogP contribution < -0.4 is 5.73 Å². The second-order valence-corrected chi connectivity index (χ2v) is 6.47. The Morgan fingerprint density at radius 1 is 1.00 bits per heavy atom. The number of benzene rings is 2. The summed E-state index contributed by atoms with van der Waals surface area (Å²) in [6.07, 6.45) is 0. The SMILES string of the molecule is Nc1onc(-c2cccc(I)c2)c1-c1ccc(Cl)c(Cl)c1. The van der Waals surface area contributed by atoms with Gasteiger partial charge < -0.3 is 10.3 Å². The van der Waals surface area contributed by atoms with Gasteiger partial charge in [0.05, 0.1) is 15.6 Å². The lowest BCUT2D eigenvalue weighted by Crippen LogP contribution is -1.88. The predicted octanol–water partition coefficient (Wildman–Crippen LogP) is 5.50. The van der Waals surface area contributed by atoms with E-state index < -0.39 is 0 Å². The molecule has 2 N–H and O–H groups in total. The Labute approximate surface area is 145 Å². The van der Waals surface area contributed by atoms with Gasteiger partial charge in [0.2, 0.25) is 5.88 Å². The number of nitrogens with zero attached hydrogens (tertiary/aromatic N) is 1. The van der Waals surface area contributed by atoms with Gasteiger partial charge in [-0.05, 0) is 52.4 Å². The van der Waals surface area contributed by atoms with Gasteiger partial charge in [-0.25, -0.2) is 0 Å². The Morgan fingerprint density at radius 2 is 1.81 bits per heavy atom. The van der Waals surface area contributed by atoms with E-state index in [2.05, 4.69) is 27.7 Å². The molecule has 3 rings (SSSR count). The molecule has 0 bridgehead atoms. The van der Waals surface area contributed by atoms with Crippen LogP contribution in [0.25, 0.3) is 22.4 Å². The smallest absolute Gasteiger partial charge is 0.230 e. The quantitative estimate of drug-likeness (QED) is 0.546. The van der Waals surface area contributed by atoms with Crippen molar-refractivity contribution in [2.75, 3.05) is 5.73 Å². The molecule has 2 aromatic carbocycles. The van der Waals surface area contributed by atoms with E-state index in [-0.39, 0.29) is 5.88 Å². The maximum Gasteiger partial charge on any atom is 0.230 e. The van der Waals surface area contributed by atoms with E-state index in [4.69, 9.17) is 33.5 Å². The van der Waals surface area contributed by atoms with Crippen molar-refractivity contribution in [2.45, 2.75) is 0 Å². The minimum atomic E-state index is 0.252. The number of anilines is 1. The van der Waals surface area contributed by atoms with E-state index in [0.29, 0.717) is 15.7 Å². The largest absolute Gasteiger partial charge is 0.367 e. The molecule has 0 saturated carbocycles. The molecule has 0 aliphatic heterocycles. The maximum atomic E-state index is 6.08. The van der Waals surface area contributed by atoms with Crippen LogP contribution in [0.3, 0.4) is 0 Å². The van der Waals surface area contributed by atoms with Crippen molar-refractivity contribution in [1.29, 1.82) is 0 Å². The summed E-state index contributed by atoms with van der Waals surface area (Å²) >= 11 is 14.3. The minimum absolute atomic E-state index is 0.252. The van der Waals surface area contributed by atoms with Crippen molar-refractivity contribution in [3.05, 3.63) is 56.1 Å². The normalized spacial score (nSPS) is 10.8. The van der Waals surface area contributed by atoms with Crippen LogP contribution in [0.4, 0.5) is 5.88 Å². The average Bonchev–Trinajstić information content (AvgIpc) is 2.84.